The Hall–Kier alpha value is -3.49. The number of hydrogen-bond donors (Lipinski definition) is 3. The second-order valence-electron chi connectivity index (χ2n) is 6.74. The molecular formula is C19H19FN6O2. The number of H-pyrrole nitrogens is 1. The number of phenols is 1. The van der Waals surface area contributed by atoms with Crippen LogP contribution in [-0.4, -0.2) is 49.6 Å². The van der Waals surface area contributed by atoms with E-state index in [1.807, 2.05) is 6.07 Å². The molecule has 1 saturated heterocycles. The van der Waals surface area contributed by atoms with Crippen molar-refractivity contribution in [3.63, 3.8) is 0 Å². The fraction of sp³-hybridized carbons (Fsp3) is 0.263. The lowest BCUT2D eigenvalue weighted by Gasteiger charge is -2.33. The van der Waals surface area contributed by atoms with E-state index in [4.69, 9.17) is 0 Å². The standard InChI is InChI=1S/C19H19FN6O2/c20-16-7-6-12(10-17(16)27)14-4-2-8-26(11-14)18(28)13-3-1-5-15(9-13)21-19-22-24-25-23-19/h1,3,5-7,9-10,14,27H,2,4,8,11H2,(H2,21,22,23,24,25). The maximum absolute atomic E-state index is 13.3. The van der Waals surface area contributed by atoms with E-state index in [0.29, 0.717) is 30.3 Å². The number of anilines is 2. The Morgan fingerprint density at radius 2 is 2.18 bits per heavy atom. The number of carbonyl (C=O) groups is 1. The molecule has 2 aromatic carbocycles. The van der Waals surface area contributed by atoms with Crippen molar-refractivity contribution in [2.75, 3.05) is 18.4 Å². The number of tetrazole rings is 1. The van der Waals surface area contributed by atoms with Crippen molar-refractivity contribution in [1.82, 2.24) is 25.5 Å². The third kappa shape index (κ3) is 3.78. The zero-order valence-corrected chi connectivity index (χ0v) is 15.0. The van der Waals surface area contributed by atoms with Gasteiger partial charge in [0.1, 0.15) is 0 Å². The van der Waals surface area contributed by atoms with Gasteiger partial charge in [-0.1, -0.05) is 17.2 Å². The van der Waals surface area contributed by atoms with Gasteiger partial charge in [0, 0.05) is 30.3 Å². The number of phenolic OH excluding ortho intramolecular Hbond substituents is 1. The Balaban J connectivity index is 1.49. The van der Waals surface area contributed by atoms with Gasteiger partial charge in [-0.3, -0.25) is 4.79 Å². The van der Waals surface area contributed by atoms with Gasteiger partial charge in [0.25, 0.3) is 11.9 Å². The lowest BCUT2D eigenvalue weighted by atomic mass is 9.90. The van der Waals surface area contributed by atoms with E-state index < -0.39 is 5.82 Å². The van der Waals surface area contributed by atoms with Gasteiger partial charge in [0.15, 0.2) is 11.6 Å². The van der Waals surface area contributed by atoms with Crippen molar-refractivity contribution in [2.45, 2.75) is 18.8 Å². The predicted octanol–water partition coefficient (Wildman–Crippen LogP) is 2.81. The number of amides is 1. The minimum absolute atomic E-state index is 0.0600. The number of aromatic hydroxyl groups is 1. The highest BCUT2D eigenvalue weighted by molar-refractivity contribution is 5.95. The molecule has 8 nitrogen and oxygen atoms in total. The highest BCUT2D eigenvalue weighted by atomic mass is 19.1. The van der Waals surface area contributed by atoms with E-state index in [1.165, 1.54) is 12.1 Å². The molecule has 1 aliphatic heterocycles. The molecule has 3 aromatic rings. The van der Waals surface area contributed by atoms with Gasteiger partial charge in [-0.15, -0.1) is 5.10 Å². The molecule has 0 bridgehead atoms. The van der Waals surface area contributed by atoms with Crippen LogP contribution >= 0.6 is 0 Å². The summed E-state index contributed by atoms with van der Waals surface area (Å²) in [5.74, 6) is -0.698. The first kappa shape index (κ1) is 17.9. The van der Waals surface area contributed by atoms with Crippen LogP contribution in [0.1, 0.15) is 34.7 Å². The molecule has 9 heteroatoms. The predicted molar refractivity (Wildman–Crippen MR) is 99.8 cm³/mol. The summed E-state index contributed by atoms with van der Waals surface area (Å²) in [6, 6.07) is 11.5. The van der Waals surface area contributed by atoms with Crippen LogP contribution < -0.4 is 5.32 Å². The highest BCUT2D eigenvalue weighted by Crippen LogP contribution is 2.30. The Morgan fingerprint density at radius 1 is 1.29 bits per heavy atom. The van der Waals surface area contributed by atoms with Crippen LogP contribution in [0.3, 0.4) is 0 Å². The third-order valence-corrected chi connectivity index (χ3v) is 4.86. The molecule has 1 aliphatic rings. The van der Waals surface area contributed by atoms with Gasteiger partial charge in [0.05, 0.1) is 0 Å². The van der Waals surface area contributed by atoms with Crippen molar-refractivity contribution in [3.05, 3.63) is 59.4 Å². The molecule has 1 unspecified atom stereocenters. The maximum Gasteiger partial charge on any atom is 0.267 e. The van der Waals surface area contributed by atoms with Gasteiger partial charge in [-0.25, -0.2) is 4.39 Å². The van der Waals surface area contributed by atoms with Crippen molar-refractivity contribution >= 4 is 17.5 Å². The Kier molecular flexibility index (Phi) is 4.88. The summed E-state index contributed by atoms with van der Waals surface area (Å²) >= 11 is 0. The number of halogens is 1. The van der Waals surface area contributed by atoms with Crippen LogP contribution in [0.4, 0.5) is 16.0 Å². The number of nitrogens with one attached hydrogen (secondary N) is 2. The summed E-state index contributed by atoms with van der Waals surface area (Å²) in [7, 11) is 0. The topological polar surface area (TPSA) is 107 Å². The third-order valence-electron chi connectivity index (χ3n) is 4.86. The van der Waals surface area contributed by atoms with Crippen LogP contribution in [0.2, 0.25) is 0 Å². The van der Waals surface area contributed by atoms with E-state index in [2.05, 4.69) is 25.9 Å². The number of hydrogen-bond acceptors (Lipinski definition) is 6. The fourth-order valence-corrected chi connectivity index (χ4v) is 3.47. The molecule has 1 atom stereocenters. The molecule has 0 spiro atoms. The Labute approximate surface area is 160 Å². The van der Waals surface area contributed by atoms with Crippen molar-refractivity contribution in [2.24, 2.45) is 0 Å². The van der Waals surface area contributed by atoms with Crippen LogP contribution in [0.25, 0.3) is 0 Å². The zero-order valence-electron chi connectivity index (χ0n) is 15.0. The largest absolute Gasteiger partial charge is 0.505 e. The molecule has 1 fully saturated rings. The summed E-state index contributed by atoms with van der Waals surface area (Å²) in [5, 5.41) is 26.1. The number of nitrogens with zero attached hydrogens (tertiary/aromatic N) is 4. The van der Waals surface area contributed by atoms with Gasteiger partial charge >= 0.3 is 0 Å². The monoisotopic (exact) mass is 382 g/mol. The number of carbonyl (C=O) groups excluding carboxylic acids is 1. The second-order valence-corrected chi connectivity index (χ2v) is 6.74. The lowest BCUT2D eigenvalue weighted by Crippen LogP contribution is -2.39. The molecule has 0 saturated carbocycles. The first-order valence-corrected chi connectivity index (χ1v) is 8.98. The molecule has 28 heavy (non-hydrogen) atoms. The highest BCUT2D eigenvalue weighted by Gasteiger charge is 2.26. The first-order valence-electron chi connectivity index (χ1n) is 8.98. The molecule has 144 valence electrons. The molecule has 2 heterocycles. The minimum Gasteiger partial charge on any atom is -0.505 e. The molecule has 1 aromatic heterocycles. The first-order chi connectivity index (χ1) is 13.6. The van der Waals surface area contributed by atoms with Crippen LogP contribution in [0, 0.1) is 5.82 Å². The molecule has 0 radical (unpaired) electrons. The summed E-state index contributed by atoms with van der Waals surface area (Å²) in [6.07, 6.45) is 1.73. The average molecular weight is 382 g/mol. The smallest absolute Gasteiger partial charge is 0.267 e. The van der Waals surface area contributed by atoms with E-state index in [-0.39, 0.29) is 17.6 Å². The van der Waals surface area contributed by atoms with E-state index >= 15 is 0 Å². The average Bonchev–Trinajstić information content (AvgIpc) is 3.23. The number of rotatable bonds is 4. The zero-order chi connectivity index (χ0) is 19.5. The lowest BCUT2D eigenvalue weighted by molar-refractivity contribution is 0.0707. The SMILES string of the molecule is O=C(c1cccc(Nc2nn[nH]n2)c1)N1CCCC(c2ccc(F)c(O)c2)C1. The van der Waals surface area contributed by atoms with Crippen molar-refractivity contribution in [3.8, 4) is 5.75 Å². The van der Waals surface area contributed by atoms with Crippen LogP contribution in [-0.2, 0) is 0 Å². The fourth-order valence-electron chi connectivity index (χ4n) is 3.47. The van der Waals surface area contributed by atoms with E-state index in [0.717, 1.165) is 18.4 Å². The van der Waals surface area contributed by atoms with Gasteiger partial charge < -0.3 is 15.3 Å². The number of aromatic amines is 1. The molecule has 3 N–H and O–H groups in total. The van der Waals surface area contributed by atoms with E-state index in [9.17, 15) is 14.3 Å². The maximum atomic E-state index is 13.3. The van der Waals surface area contributed by atoms with Crippen molar-refractivity contribution in [1.29, 1.82) is 0 Å². The second kappa shape index (κ2) is 7.63. The number of aromatic nitrogens is 4. The molecule has 0 aliphatic carbocycles. The van der Waals surface area contributed by atoms with Gasteiger partial charge in [0.2, 0.25) is 0 Å². The van der Waals surface area contributed by atoms with Crippen molar-refractivity contribution < 1.29 is 14.3 Å². The molecular weight excluding hydrogens is 363 g/mol. The summed E-state index contributed by atoms with van der Waals surface area (Å²) < 4.78 is 13.3. The minimum atomic E-state index is -0.640. The van der Waals surface area contributed by atoms with Gasteiger partial charge in [-0.05, 0) is 54.0 Å². The Morgan fingerprint density at radius 3 is 2.96 bits per heavy atom. The Bertz CT molecular complexity index is 978. The molecule has 4 rings (SSSR count). The normalized spacial score (nSPS) is 16.8. The quantitative estimate of drug-likeness (QED) is 0.641. The number of likely N-dealkylation sites (tertiary alicyclic amines) is 1. The van der Waals surface area contributed by atoms with Crippen LogP contribution in [0.15, 0.2) is 42.5 Å². The summed E-state index contributed by atoms with van der Waals surface area (Å²) in [6.45, 7) is 1.18. The summed E-state index contributed by atoms with van der Waals surface area (Å²) in [5.41, 5.74) is 2.07. The summed E-state index contributed by atoms with van der Waals surface area (Å²) in [4.78, 5) is 14.8. The number of piperidine rings is 1. The van der Waals surface area contributed by atoms with Crippen LogP contribution in [0.5, 0.6) is 5.75 Å². The number of benzene rings is 2. The molecule has 1 amide bonds. The van der Waals surface area contributed by atoms with E-state index in [1.54, 1.807) is 29.2 Å². The van der Waals surface area contributed by atoms with Gasteiger partial charge in [-0.2, -0.15) is 5.21 Å².